The number of carbonyl (C=O) groups excluding carboxylic acids is 1. The van der Waals surface area contributed by atoms with Gasteiger partial charge in [-0.3, -0.25) is 4.79 Å². The first-order chi connectivity index (χ1) is 8.58. The maximum absolute atomic E-state index is 11.8. The van der Waals surface area contributed by atoms with E-state index in [1.807, 2.05) is 13.8 Å². The molecular weight excluding hydrogens is 230 g/mol. The predicted octanol–water partition coefficient (Wildman–Crippen LogP) is 1.85. The molecule has 1 aromatic carbocycles. The second kappa shape index (κ2) is 6.55. The third kappa shape index (κ3) is 3.70. The molecule has 0 unspecified atom stereocenters. The van der Waals surface area contributed by atoms with Crippen LogP contribution in [0.3, 0.4) is 0 Å². The van der Waals surface area contributed by atoms with E-state index >= 15 is 0 Å². The minimum atomic E-state index is -0.146. The lowest BCUT2D eigenvalue weighted by Crippen LogP contribution is -2.30. The average Bonchev–Trinajstić information content (AvgIpc) is 2.35. The van der Waals surface area contributed by atoms with E-state index in [9.17, 15) is 4.79 Å². The van der Waals surface area contributed by atoms with Crippen LogP contribution in [0.25, 0.3) is 0 Å². The molecule has 18 heavy (non-hydrogen) atoms. The van der Waals surface area contributed by atoms with E-state index in [-0.39, 0.29) is 18.6 Å². The Labute approximate surface area is 107 Å². The number of methoxy groups -OCH3 is 1. The molecule has 0 aromatic heterocycles. The van der Waals surface area contributed by atoms with Crippen LogP contribution in [0.1, 0.15) is 24.2 Å². The van der Waals surface area contributed by atoms with E-state index in [0.29, 0.717) is 17.1 Å². The van der Waals surface area contributed by atoms with Crippen molar-refractivity contribution < 1.29 is 14.3 Å². The van der Waals surface area contributed by atoms with E-state index in [1.54, 1.807) is 18.2 Å². The van der Waals surface area contributed by atoms with Gasteiger partial charge in [0.1, 0.15) is 6.61 Å². The van der Waals surface area contributed by atoms with Gasteiger partial charge in [-0.1, -0.05) is 5.92 Å². The van der Waals surface area contributed by atoms with Crippen LogP contribution in [-0.2, 0) is 0 Å². The highest BCUT2D eigenvalue weighted by atomic mass is 16.5. The summed E-state index contributed by atoms with van der Waals surface area (Å²) in [6, 6.07) is 5.06. The molecule has 0 aliphatic rings. The minimum absolute atomic E-state index is 0.0841. The quantitative estimate of drug-likeness (QED) is 0.808. The Morgan fingerprint density at radius 3 is 2.72 bits per heavy atom. The van der Waals surface area contributed by atoms with Gasteiger partial charge in [0.05, 0.1) is 7.11 Å². The Balaban J connectivity index is 2.91. The predicted molar refractivity (Wildman–Crippen MR) is 69.9 cm³/mol. The van der Waals surface area contributed by atoms with E-state index in [1.165, 1.54) is 7.11 Å². The first-order valence-corrected chi connectivity index (χ1v) is 5.63. The molecule has 1 amide bonds. The summed E-state index contributed by atoms with van der Waals surface area (Å²) in [5.74, 6) is 3.24. The summed E-state index contributed by atoms with van der Waals surface area (Å²) in [7, 11) is 1.52. The zero-order valence-electron chi connectivity index (χ0n) is 10.8. The van der Waals surface area contributed by atoms with Gasteiger partial charge >= 0.3 is 0 Å². The van der Waals surface area contributed by atoms with Gasteiger partial charge in [-0.2, -0.15) is 0 Å². The highest BCUT2D eigenvalue weighted by Crippen LogP contribution is 2.27. The topological polar surface area (TPSA) is 47.6 Å². The molecule has 1 rings (SSSR count). The number of ether oxygens (including phenoxy) is 2. The number of benzene rings is 1. The van der Waals surface area contributed by atoms with Gasteiger partial charge in [0.2, 0.25) is 0 Å². The second-order valence-electron chi connectivity index (χ2n) is 3.99. The van der Waals surface area contributed by atoms with Gasteiger partial charge in [-0.25, -0.2) is 0 Å². The van der Waals surface area contributed by atoms with E-state index in [2.05, 4.69) is 11.2 Å². The molecule has 0 radical (unpaired) electrons. The fourth-order valence-electron chi connectivity index (χ4n) is 1.39. The standard InChI is InChI=1S/C14H17NO3/c1-5-8-18-12-7-6-11(9-13(12)17-4)14(16)15-10(2)3/h1,6-7,9-10H,8H2,2-4H3,(H,15,16). The van der Waals surface area contributed by atoms with Crippen molar-refractivity contribution in [3.63, 3.8) is 0 Å². The smallest absolute Gasteiger partial charge is 0.251 e. The van der Waals surface area contributed by atoms with Crippen LogP contribution >= 0.6 is 0 Å². The van der Waals surface area contributed by atoms with Crippen molar-refractivity contribution in [2.75, 3.05) is 13.7 Å². The summed E-state index contributed by atoms with van der Waals surface area (Å²) in [6.07, 6.45) is 5.12. The van der Waals surface area contributed by atoms with Crippen molar-refractivity contribution in [2.24, 2.45) is 0 Å². The number of carbonyl (C=O) groups is 1. The Bertz CT molecular complexity index is 461. The molecule has 0 aliphatic heterocycles. The zero-order chi connectivity index (χ0) is 13.5. The van der Waals surface area contributed by atoms with Crippen LogP contribution < -0.4 is 14.8 Å². The molecule has 0 saturated carbocycles. The number of terminal acetylenes is 1. The molecule has 1 aromatic rings. The lowest BCUT2D eigenvalue weighted by Gasteiger charge is -2.12. The average molecular weight is 247 g/mol. The van der Waals surface area contributed by atoms with Gasteiger partial charge in [-0.05, 0) is 32.0 Å². The summed E-state index contributed by atoms with van der Waals surface area (Å²) in [5, 5.41) is 2.81. The van der Waals surface area contributed by atoms with Crippen molar-refractivity contribution in [1.29, 1.82) is 0 Å². The van der Waals surface area contributed by atoms with Crippen LogP contribution in [0.5, 0.6) is 11.5 Å². The Morgan fingerprint density at radius 2 is 2.17 bits per heavy atom. The lowest BCUT2D eigenvalue weighted by atomic mass is 10.2. The molecule has 0 spiro atoms. The second-order valence-corrected chi connectivity index (χ2v) is 3.99. The van der Waals surface area contributed by atoms with Crippen molar-refractivity contribution in [3.05, 3.63) is 23.8 Å². The van der Waals surface area contributed by atoms with Gasteiger partial charge in [-0.15, -0.1) is 6.42 Å². The van der Waals surface area contributed by atoms with Crippen LogP contribution in [0, 0.1) is 12.3 Å². The zero-order valence-corrected chi connectivity index (χ0v) is 10.8. The number of hydrogen-bond donors (Lipinski definition) is 1. The third-order valence-corrected chi connectivity index (χ3v) is 2.16. The normalized spacial score (nSPS) is 9.72. The fourth-order valence-corrected chi connectivity index (χ4v) is 1.39. The van der Waals surface area contributed by atoms with Gasteiger partial charge < -0.3 is 14.8 Å². The van der Waals surface area contributed by atoms with Crippen molar-refractivity contribution >= 4 is 5.91 Å². The highest BCUT2D eigenvalue weighted by Gasteiger charge is 2.11. The number of amides is 1. The molecule has 1 N–H and O–H groups in total. The molecule has 0 saturated heterocycles. The number of rotatable bonds is 5. The molecule has 4 heteroatoms. The first kappa shape index (κ1) is 13.9. The molecule has 96 valence electrons. The SMILES string of the molecule is C#CCOc1ccc(C(=O)NC(C)C)cc1OC. The first-order valence-electron chi connectivity index (χ1n) is 5.63. The Kier molecular flexibility index (Phi) is 5.06. The summed E-state index contributed by atoms with van der Waals surface area (Å²) in [5.41, 5.74) is 0.522. The highest BCUT2D eigenvalue weighted by molar-refractivity contribution is 5.95. The van der Waals surface area contributed by atoms with Crippen LogP contribution in [-0.4, -0.2) is 25.7 Å². The molecule has 0 aliphatic carbocycles. The van der Waals surface area contributed by atoms with Gasteiger partial charge in [0.25, 0.3) is 5.91 Å². The Morgan fingerprint density at radius 1 is 1.44 bits per heavy atom. The van der Waals surface area contributed by atoms with E-state index in [0.717, 1.165) is 0 Å². The van der Waals surface area contributed by atoms with Gasteiger partial charge in [0, 0.05) is 11.6 Å². The molecule has 0 bridgehead atoms. The Hall–Kier alpha value is -2.15. The van der Waals surface area contributed by atoms with Gasteiger partial charge in [0.15, 0.2) is 11.5 Å². The molecule has 4 nitrogen and oxygen atoms in total. The minimum Gasteiger partial charge on any atom is -0.493 e. The third-order valence-electron chi connectivity index (χ3n) is 2.16. The molecule has 0 heterocycles. The largest absolute Gasteiger partial charge is 0.493 e. The summed E-state index contributed by atoms with van der Waals surface area (Å²) < 4.78 is 10.5. The van der Waals surface area contributed by atoms with Crippen molar-refractivity contribution in [2.45, 2.75) is 19.9 Å². The van der Waals surface area contributed by atoms with E-state index in [4.69, 9.17) is 15.9 Å². The molecule has 0 atom stereocenters. The number of hydrogen-bond acceptors (Lipinski definition) is 3. The monoisotopic (exact) mass is 247 g/mol. The maximum atomic E-state index is 11.8. The van der Waals surface area contributed by atoms with Crippen molar-refractivity contribution in [1.82, 2.24) is 5.32 Å². The summed E-state index contributed by atoms with van der Waals surface area (Å²) >= 11 is 0. The lowest BCUT2D eigenvalue weighted by molar-refractivity contribution is 0.0942. The summed E-state index contributed by atoms with van der Waals surface area (Å²) in [6.45, 7) is 3.97. The van der Waals surface area contributed by atoms with Crippen LogP contribution in [0.15, 0.2) is 18.2 Å². The number of nitrogens with one attached hydrogen (secondary N) is 1. The van der Waals surface area contributed by atoms with Crippen LogP contribution in [0.2, 0.25) is 0 Å². The molecule has 0 fully saturated rings. The molecular formula is C14H17NO3. The fraction of sp³-hybridized carbons (Fsp3) is 0.357. The summed E-state index contributed by atoms with van der Waals surface area (Å²) in [4.78, 5) is 11.8. The maximum Gasteiger partial charge on any atom is 0.251 e. The van der Waals surface area contributed by atoms with Crippen molar-refractivity contribution in [3.8, 4) is 23.8 Å². The van der Waals surface area contributed by atoms with Crippen LogP contribution in [0.4, 0.5) is 0 Å². The van der Waals surface area contributed by atoms with E-state index < -0.39 is 0 Å².